The number of hydrogen-bond donors (Lipinski definition) is 0. The van der Waals surface area contributed by atoms with Gasteiger partial charge in [-0.2, -0.15) is 0 Å². The highest BCUT2D eigenvalue weighted by atomic mass is 35.5. The van der Waals surface area contributed by atoms with E-state index >= 15 is 0 Å². The minimum absolute atomic E-state index is 0. The van der Waals surface area contributed by atoms with Crippen molar-refractivity contribution in [2.24, 2.45) is 0 Å². The van der Waals surface area contributed by atoms with Gasteiger partial charge in [0.15, 0.2) is 0 Å². The summed E-state index contributed by atoms with van der Waals surface area (Å²) in [5, 5.41) is 0. The number of fused-ring (bicyclic) bond motifs is 1. The van der Waals surface area contributed by atoms with Gasteiger partial charge in [-0.25, -0.2) is 4.98 Å². The van der Waals surface area contributed by atoms with Gasteiger partial charge in [0.05, 0.1) is 11.0 Å². The average molecular weight is 268 g/mol. The van der Waals surface area contributed by atoms with Gasteiger partial charge in [0, 0.05) is 13.1 Å². The van der Waals surface area contributed by atoms with Gasteiger partial charge in [-0.3, -0.25) is 0 Å². The van der Waals surface area contributed by atoms with Crippen molar-refractivity contribution in [3.8, 4) is 0 Å². The molecule has 0 fully saturated rings. The summed E-state index contributed by atoms with van der Waals surface area (Å²) in [4.78, 5) is 7.03. The van der Waals surface area contributed by atoms with E-state index in [4.69, 9.17) is 0 Å². The van der Waals surface area contributed by atoms with E-state index in [1.165, 1.54) is 5.52 Å². The molecule has 0 atom stereocenters. The molecule has 0 spiro atoms. The molecule has 100 valence electrons. The zero-order valence-corrected chi connectivity index (χ0v) is 12.2. The first-order chi connectivity index (χ1) is 8.26. The Balaban J connectivity index is 0.00000162. The predicted octanol–water partition coefficient (Wildman–Crippen LogP) is 3.11. The van der Waals surface area contributed by atoms with Gasteiger partial charge in [-0.05, 0) is 32.1 Å². The van der Waals surface area contributed by atoms with Crippen molar-refractivity contribution in [2.45, 2.75) is 27.3 Å². The van der Waals surface area contributed by atoms with Crippen LogP contribution in [-0.4, -0.2) is 34.1 Å². The standard InChI is InChI=1S/C14H21N3.ClH/c1-4-16(5-2)10-11-17-12(3)15-13-8-6-7-9-14(13)17;/h6-9H,4-5,10-11H2,1-3H3;1H. The van der Waals surface area contributed by atoms with Crippen molar-refractivity contribution in [1.29, 1.82) is 0 Å². The summed E-state index contributed by atoms with van der Waals surface area (Å²) in [6.07, 6.45) is 0. The minimum atomic E-state index is 0. The highest BCUT2D eigenvalue weighted by Crippen LogP contribution is 2.15. The monoisotopic (exact) mass is 267 g/mol. The van der Waals surface area contributed by atoms with Crippen LogP contribution in [0.1, 0.15) is 19.7 Å². The number of nitrogens with zero attached hydrogens (tertiary/aromatic N) is 3. The molecule has 0 radical (unpaired) electrons. The van der Waals surface area contributed by atoms with Gasteiger partial charge < -0.3 is 9.47 Å². The highest BCUT2D eigenvalue weighted by molar-refractivity contribution is 5.85. The molecular formula is C14H22ClN3. The summed E-state index contributed by atoms with van der Waals surface area (Å²) in [6, 6.07) is 8.36. The molecular weight excluding hydrogens is 246 g/mol. The fourth-order valence-electron chi connectivity index (χ4n) is 2.26. The summed E-state index contributed by atoms with van der Waals surface area (Å²) in [7, 11) is 0. The van der Waals surface area contributed by atoms with Crippen molar-refractivity contribution < 1.29 is 0 Å². The lowest BCUT2D eigenvalue weighted by Crippen LogP contribution is -2.27. The smallest absolute Gasteiger partial charge is 0.106 e. The number of halogens is 1. The molecule has 0 aliphatic heterocycles. The van der Waals surface area contributed by atoms with Gasteiger partial charge >= 0.3 is 0 Å². The number of aryl methyl sites for hydroxylation is 1. The Bertz CT molecular complexity index is 489. The maximum absolute atomic E-state index is 4.59. The molecule has 2 aromatic rings. The molecule has 0 bridgehead atoms. The first kappa shape index (κ1) is 15.0. The second kappa shape index (κ2) is 6.76. The van der Waals surface area contributed by atoms with E-state index in [0.717, 1.165) is 37.5 Å². The summed E-state index contributed by atoms with van der Waals surface area (Å²) < 4.78 is 2.31. The predicted molar refractivity (Wildman–Crippen MR) is 79.5 cm³/mol. The van der Waals surface area contributed by atoms with E-state index in [9.17, 15) is 0 Å². The molecule has 1 heterocycles. The first-order valence-corrected chi connectivity index (χ1v) is 6.40. The molecule has 0 aliphatic rings. The highest BCUT2D eigenvalue weighted by Gasteiger charge is 2.07. The Labute approximate surface area is 115 Å². The zero-order valence-electron chi connectivity index (χ0n) is 11.4. The Hall–Kier alpha value is -1.06. The van der Waals surface area contributed by atoms with Gasteiger partial charge in [-0.15, -0.1) is 12.4 Å². The molecule has 0 aliphatic carbocycles. The fraction of sp³-hybridized carbons (Fsp3) is 0.500. The van der Waals surface area contributed by atoms with Crippen LogP contribution in [0.4, 0.5) is 0 Å². The lowest BCUT2D eigenvalue weighted by atomic mass is 10.3. The molecule has 0 unspecified atom stereocenters. The lowest BCUT2D eigenvalue weighted by molar-refractivity contribution is 0.291. The quantitative estimate of drug-likeness (QED) is 0.830. The number of hydrogen-bond acceptors (Lipinski definition) is 2. The van der Waals surface area contributed by atoms with Crippen LogP contribution in [0.5, 0.6) is 0 Å². The van der Waals surface area contributed by atoms with E-state index in [0.29, 0.717) is 0 Å². The van der Waals surface area contributed by atoms with E-state index in [-0.39, 0.29) is 12.4 Å². The molecule has 0 saturated carbocycles. The maximum Gasteiger partial charge on any atom is 0.106 e. The average Bonchev–Trinajstić information content (AvgIpc) is 2.67. The lowest BCUT2D eigenvalue weighted by Gasteiger charge is -2.18. The molecule has 0 saturated heterocycles. The third-order valence-corrected chi connectivity index (χ3v) is 3.38. The van der Waals surface area contributed by atoms with Crippen LogP contribution in [0, 0.1) is 6.92 Å². The third-order valence-electron chi connectivity index (χ3n) is 3.38. The Morgan fingerprint density at radius 1 is 1.17 bits per heavy atom. The van der Waals surface area contributed by atoms with Gasteiger partial charge in [0.25, 0.3) is 0 Å². The van der Waals surface area contributed by atoms with Gasteiger partial charge in [-0.1, -0.05) is 26.0 Å². The minimum Gasteiger partial charge on any atom is -0.327 e. The summed E-state index contributed by atoms with van der Waals surface area (Å²) in [5.74, 6) is 1.11. The van der Waals surface area contributed by atoms with Crippen molar-refractivity contribution in [3.63, 3.8) is 0 Å². The molecule has 4 heteroatoms. The van der Waals surface area contributed by atoms with Crippen LogP contribution in [0.2, 0.25) is 0 Å². The second-order valence-corrected chi connectivity index (χ2v) is 4.33. The van der Waals surface area contributed by atoms with E-state index in [2.05, 4.69) is 53.4 Å². The number of rotatable bonds is 5. The molecule has 2 rings (SSSR count). The van der Waals surface area contributed by atoms with Crippen LogP contribution >= 0.6 is 12.4 Å². The van der Waals surface area contributed by atoms with Crippen molar-refractivity contribution in [1.82, 2.24) is 14.5 Å². The summed E-state index contributed by atoms with van der Waals surface area (Å²) in [5.41, 5.74) is 2.35. The molecule has 3 nitrogen and oxygen atoms in total. The first-order valence-electron chi connectivity index (χ1n) is 6.40. The fourth-order valence-corrected chi connectivity index (χ4v) is 2.26. The Morgan fingerprint density at radius 2 is 1.83 bits per heavy atom. The van der Waals surface area contributed by atoms with Gasteiger partial charge in [0.2, 0.25) is 0 Å². The van der Waals surface area contributed by atoms with Crippen LogP contribution in [0.25, 0.3) is 11.0 Å². The molecule has 1 aromatic heterocycles. The number of benzene rings is 1. The Morgan fingerprint density at radius 3 is 2.50 bits per heavy atom. The van der Waals surface area contributed by atoms with Crippen LogP contribution in [0.15, 0.2) is 24.3 Å². The van der Waals surface area contributed by atoms with Crippen molar-refractivity contribution >= 4 is 23.4 Å². The molecule has 0 N–H and O–H groups in total. The van der Waals surface area contributed by atoms with Crippen molar-refractivity contribution in [2.75, 3.05) is 19.6 Å². The van der Waals surface area contributed by atoms with Crippen LogP contribution < -0.4 is 0 Å². The van der Waals surface area contributed by atoms with E-state index in [1.807, 2.05) is 6.07 Å². The van der Waals surface area contributed by atoms with E-state index < -0.39 is 0 Å². The molecule has 0 amide bonds. The molecule has 1 aromatic carbocycles. The number of aromatic nitrogens is 2. The second-order valence-electron chi connectivity index (χ2n) is 4.33. The summed E-state index contributed by atoms with van der Waals surface area (Å²) >= 11 is 0. The van der Waals surface area contributed by atoms with Crippen LogP contribution in [0.3, 0.4) is 0 Å². The SMILES string of the molecule is CCN(CC)CCn1c(C)nc2ccccc21.Cl. The number of likely N-dealkylation sites (N-methyl/N-ethyl adjacent to an activating group) is 1. The largest absolute Gasteiger partial charge is 0.327 e. The Kier molecular flexibility index (Phi) is 5.63. The zero-order chi connectivity index (χ0) is 12.3. The molecule has 18 heavy (non-hydrogen) atoms. The third kappa shape index (κ3) is 3.03. The van der Waals surface area contributed by atoms with Gasteiger partial charge in [0.1, 0.15) is 5.82 Å². The number of para-hydroxylation sites is 2. The van der Waals surface area contributed by atoms with E-state index in [1.54, 1.807) is 0 Å². The maximum atomic E-state index is 4.59. The van der Waals surface area contributed by atoms with Crippen molar-refractivity contribution in [3.05, 3.63) is 30.1 Å². The van der Waals surface area contributed by atoms with Crippen LogP contribution in [-0.2, 0) is 6.54 Å². The normalized spacial score (nSPS) is 10.9. The summed E-state index contributed by atoms with van der Waals surface area (Å²) in [6.45, 7) is 10.8. The topological polar surface area (TPSA) is 21.1 Å². The number of imidazole rings is 1.